The van der Waals surface area contributed by atoms with E-state index in [9.17, 15) is 9.59 Å². The molecule has 0 radical (unpaired) electrons. The van der Waals surface area contributed by atoms with Gasteiger partial charge in [0.05, 0.1) is 12.0 Å². The lowest BCUT2D eigenvalue weighted by Crippen LogP contribution is -2.17. The first-order valence-corrected chi connectivity index (χ1v) is 4.84. The Labute approximate surface area is 77.4 Å². The minimum atomic E-state index is -0.168. The summed E-state index contributed by atoms with van der Waals surface area (Å²) < 4.78 is 5.07. The van der Waals surface area contributed by atoms with Gasteiger partial charge in [-0.2, -0.15) is 0 Å². The molecule has 2 fully saturated rings. The van der Waals surface area contributed by atoms with E-state index >= 15 is 0 Å². The molecule has 0 bridgehead atoms. The van der Waals surface area contributed by atoms with E-state index in [0.29, 0.717) is 12.3 Å². The van der Waals surface area contributed by atoms with Gasteiger partial charge in [-0.25, -0.2) is 0 Å². The summed E-state index contributed by atoms with van der Waals surface area (Å²) in [6, 6.07) is 0. The molecule has 13 heavy (non-hydrogen) atoms. The highest BCUT2D eigenvalue weighted by Crippen LogP contribution is 2.55. The van der Waals surface area contributed by atoms with Crippen LogP contribution in [0.1, 0.15) is 26.7 Å². The highest BCUT2D eigenvalue weighted by atomic mass is 16.5. The zero-order valence-corrected chi connectivity index (χ0v) is 7.95. The minimum absolute atomic E-state index is 0.0197. The van der Waals surface area contributed by atoms with Gasteiger partial charge in [0.15, 0.2) is 0 Å². The smallest absolute Gasteiger partial charge is 0.310 e. The molecule has 0 unspecified atom stereocenters. The van der Waals surface area contributed by atoms with Gasteiger partial charge in [0.2, 0.25) is 0 Å². The number of carbonyl (C=O) groups is 2. The number of hydrogen-bond donors (Lipinski definition) is 0. The molecule has 3 heteroatoms. The van der Waals surface area contributed by atoms with E-state index in [4.69, 9.17) is 4.74 Å². The molecule has 3 nitrogen and oxygen atoms in total. The van der Waals surface area contributed by atoms with Crippen LogP contribution in [0.15, 0.2) is 0 Å². The second-order valence-corrected chi connectivity index (χ2v) is 4.21. The maximum absolute atomic E-state index is 11.4. The Hall–Kier alpha value is -0.860. The summed E-state index contributed by atoms with van der Waals surface area (Å²) in [5, 5.41) is 0. The van der Waals surface area contributed by atoms with E-state index in [-0.39, 0.29) is 29.7 Å². The Morgan fingerprint density at radius 3 is 2.69 bits per heavy atom. The summed E-state index contributed by atoms with van der Waals surface area (Å²) in [5.41, 5.74) is 0. The maximum Gasteiger partial charge on any atom is 0.310 e. The van der Waals surface area contributed by atoms with Gasteiger partial charge < -0.3 is 4.74 Å². The van der Waals surface area contributed by atoms with Crippen molar-refractivity contribution in [1.29, 1.82) is 0 Å². The minimum Gasteiger partial charge on any atom is -0.463 e. The molecular weight excluding hydrogens is 168 g/mol. The van der Waals surface area contributed by atoms with Crippen molar-refractivity contribution in [3.05, 3.63) is 0 Å². The summed E-state index contributed by atoms with van der Waals surface area (Å²) in [6.07, 6.45) is 1.49. The van der Waals surface area contributed by atoms with Crippen molar-refractivity contribution in [3.8, 4) is 0 Å². The van der Waals surface area contributed by atoms with Gasteiger partial charge in [-0.15, -0.1) is 0 Å². The van der Waals surface area contributed by atoms with Crippen LogP contribution in [0.4, 0.5) is 0 Å². The first kappa shape index (κ1) is 8.73. The lowest BCUT2D eigenvalue weighted by molar-refractivity contribution is -0.150. The second kappa shape index (κ2) is 2.82. The number of ketones is 1. The molecular formula is C10H14O3. The zero-order chi connectivity index (χ0) is 9.59. The molecule has 0 heterocycles. The molecule has 72 valence electrons. The number of Topliss-reactive ketones (excluding diaryl/α,β-unsaturated/α-hetero) is 1. The summed E-state index contributed by atoms with van der Waals surface area (Å²) in [4.78, 5) is 22.6. The van der Waals surface area contributed by atoms with Crippen LogP contribution in [0, 0.1) is 17.8 Å². The molecule has 0 saturated heterocycles. The lowest BCUT2D eigenvalue weighted by atomic mass is 10.1. The van der Waals surface area contributed by atoms with E-state index in [0.717, 1.165) is 6.42 Å². The van der Waals surface area contributed by atoms with Crippen molar-refractivity contribution in [2.24, 2.45) is 17.8 Å². The Bertz CT molecular complexity index is 257. The first-order chi connectivity index (χ1) is 6.11. The molecule has 0 N–H and O–H groups in total. The Morgan fingerprint density at radius 1 is 1.54 bits per heavy atom. The molecule has 3 atom stereocenters. The Kier molecular flexibility index (Phi) is 1.90. The van der Waals surface area contributed by atoms with Crippen LogP contribution in [0.25, 0.3) is 0 Å². The van der Waals surface area contributed by atoms with Crippen molar-refractivity contribution < 1.29 is 14.3 Å². The summed E-state index contributed by atoms with van der Waals surface area (Å²) in [6.45, 7) is 3.66. The third-order valence-corrected chi connectivity index (χ3v) is 2.89. The van der Waals surface area contributed by atoms with E-state index in [2.05, 4.69) is 0 Å². The van der Waals surface area contributed by atoms with Gasteiger partial charge in [0.1, 0.15) is 5.78 Å². The first-order valence-electron chi connectivity index (χ1n) is 4.84. The number of esters is 1. The van der Waals surface area contributed by atoms with Crippen LogP contribution in [0.3, 0.4) is 0 Å². The van der Waals surface area contributed by atoms with Crippen LogP contribution in [0.5, 0.6) is 0 Å². The number of carbonyl (C=O) groups excluding carboxylic acids is 2. The highest BCUT2D eigenvalue weighted by molar-refractivity contribution is 5.94. The van der Waals surface area contributed by atoms with Crippen LogP contribution in [-0.2, 0) is 14.3 Å². The van der Waals surface area contributed by atoms with Crippen LogP contribution < -0.4 is 0 Å². The Balaban J connectivity index is 1.92. The molecule has 0 aromatic heterocycles. The standard InChI is InChI=1S/C10H14O3/c1-5(2)13-10(12)9-6-3-4-7(11)8(6)9/h5-6,8-9H,3-4H2,1-2H3/t6-,8-,9+/m0/s1. The fourth-order valence-electron chi connectivity index (χ4n) is 2.28. The molecule has 2 rings (SSSR count). The maximum atomic E-state index is 11.4. The van der Waals surface area contributed by atoms with Gasteiger partial charge in [-0.1, -0.05) is 0 Å². The topological polar surface area (TPSA) is 43.4 Å². The molecule has 0 aromatic rings. The largest absolute Gasteiger partial charge is 0.463 e. The van der Waals surface area contributed by atoms with E-state index < -0.39 is 0 Å². The van der Waals surface area contributed by atoms with Crippen LogP contribution in [-0.4, -0.2) is 17.9 Å². The monoisotopic (exact) mass is 182 g/mol. The Morgan fingerprint density at radius 2 is 2.23 bits per heavy atom. The molecule has 0 aromatic carbocycles. The van der Waals surface area contributed by atoms with Crippen molar-refractivity contribution in [2.45, 2.75) is 32.8 Å². The molecule has 0 amide bonds. The predicted molar refractivity (Wildman–Crippen MR) is 45.9 cm³/mol. The fourth-order valence-corrected chi connectivity index (χ4v) is 2.28. The average Bonchev–Trinajstić information content (AvgIpc) is 2.63. The molecule has 0 aliphatic heterocycles. The molecule has 2 saturated carbocycles. The van der Waals surface area contributed by atoms with Gasteiger partial charge in [-0.3, -0.25) is 9.59 Å². The van der Waals surface area contributed by atoms with Crippen molar-refractivity contribution >= 4 is 11.8 Å². The third-order valence-electron chi connectivity index (χ3n) is 2.89. The van der Waals surface area contributed by atoms with Crippen molar-refractivity contribution in [1.82, 2.24) is 0 Å². The quantitative estimate of drug-likeness (QED) is 0.602. The summed E-state index contributed by atoms with van der Waals surface area (Å²) in [5.74, 6) is 0.336. The van der Waals surface area contributed by atoms with Crippen molar-refractivity contribution in [2.75, 3.05) is 0 Å². The zero-order valence-electron chi connectivity index (χ0n) is 7.95. The van der Waals surface area contributed by atoms with Gasteiger partial charge in [0, 0.05) is 12.3 Å². The van der Waals surface area contributed by atoms with Gasteiger partial charge in [0.25, 0.3) is 0 Å². The molecule has 2 aliphatic rings. The summed E-state index contributed by atoms with van der Waals surface area (Å²) >= 11 is 0. The van der Waals surface area contributed by atoms with Crippen LogP contribution in [0.2, 0.25) is 0 Å². The number of ether oxygens (including phenoxy) is 1. The van der Waals surface area contributed by atoms with Crippen LogP contribution >= 0.6 is 0 Å². The summed E-state index contributed by atoms with van der Waals surface area (Å²) in [7, 11) is 0. The van der Waals surface area contributed by atoms with Crippen molar-refractivity contribution in [3.63, 3.8) is 0 Å². The lowest BCUT2D eigenvalue weighted by Gasteiger charge is -2.08. The van der Waals surface area contributed by atoms with Gasteiger partial charge in [-0.05, 0) is 26.2 Å². The number of hydrogen-bond acceptors (Lipinski definition) is 3. The highest BCUT2D eigenvalue weighted by Gasteiger charge is 2.62. The predicted octanol–water partition coefficient (Wildman–Crippen LogP) is 1.16. The number of rotatable bonds is 2. The van der Waals surface area contributed by atoms with Gasteiger partial charge >= 0.3 is 5.97 Å². The SMILES string of the molecule is CC(C)OC(=O)[C@@H]1[C@H]2CCC(=O)[C@H]21. The molecule has 0 spiro atoms. The third kappa shape index (κ3) is 1.36. The van der Waals surface area contributed by atoms with E-state index in [1.54, 1.807) is 0 Å². The fraction of sp³-hybridized carbons (Fsp3) is 0.800. The second-order valence-electron chi connectivity index (χ2n) is 4.21. The molecule has 2 aliphatic carbocycles. The number of fused-ring (bicyclic) bond motifs is 1. The van der Waals surface area contributed by atoms with E-state index in [1.807, 2.05) is 13.8 Å². The average molecular weight is 182 g/mol. The van der Waals surface area contributed by atoms with E-state index in [1.165, 1.54) is 0 Å². The normalized spacial score (nSPS) is 36.2.